The van der Waals surface area contributed by atoms with Gasteiger partial charge in [-0.25, -0.2) is 14.8 Å². The summed E-state index contributed by atoms with van der Waals surface area (Å²) in [6, 6.07) is 44.0. The van der Waals surface area contributed by atoms with Crippen LogP contribution in [0.15, 0.2) is 142 Å². The Hall–Kier alpha value is -5.75. The average molecular weight is 572 g/mol. The van der Waals surface area contributed by atoms with E-state index in [1.54, 1.807) is 16.2 Å². The molecule has 0 fully saturated rings. The van der Waals surface area contributed by atoms with Crippen LogP contribution in [0.2, 0.25) is 0 Å². The van der Waals surface area contributed by atoms with Gasteiger partial charge in [-0.05, 0) is 51.0 Å². The van der Waals surface area contributed by atoms with Crippen LogP contribution in [-0.4, -0.2) is 20.8 Å². The molecule has 1 aliphatic heterocycles. The summed E-state index contributed by atoms with van der Waals surface area (Å²) in [5.74, 6) is 1.55. The van der Waals surface area contributed by atoms with Crippen LogP contribution in [0.5, 0.6) is 0 Å². The second kappa shape index (κ2) is 10.2. The van der Waals surface area contributed by atoms with Gasteiger partial charge in [-0.1, -0.05) is 109 Å². The molecule has 1 N–H and O–H groups in total. The van der Waals surface area contributed by atoms with E-state index in [1.807, 2.05) is 31.3 Å². The Morgan fingerprint density at radius 1 is 0.591 bits per heavy atom. The lowest BCUT2D eigenvalue weighted by Crippen LogP contribution is -2.36. The molecule has 6 aromatic carbocycles. The summed E-state index contributed by atoms with van der Waals surface area (Å²) in [5.41, 5.74) is 6.88. The maximum Gasteiger partial charge on any atom is 0.328 e. The Labute approximate surface area is 254 Å². The summed E-state index contributed by atoms with van der Waals surface area (Å²) in [5, 5.41) is 8.34. The minimum absolute atomic E-state index is 0.0355. The number of aryl methyl sites for hydroxylation is 2. The van der Waals surface area contributed by atoms with Gasteiger partial charge in [0, 0.05) is 30.6 Å². The first-order valence-corrected chi connectivity index (χ1v) is 14.7. The molecule has 8 rings (SSSR count). The zero-order valence-corrected chi connectivity index (χ0v) is 24.4. The predicted octanol–water partition coefficient (Wildman–Crippen LogP) is 7.35. The third-order valence-corrected chi connectivity index (χ3v) is 8.60. The summed E-state index contributed by atoms with van der Waals surface area (Å²) >= 11 is 0. The van der Waals surface area contributed by atoms with Gasteiger partial charge >= 0.3 is 5.69 Å². The van der Waals surface area contributed by atoms with E-state index in [-0.39, 0.29) is 5.69 Å². The van der Waals surface area contributed by atoms with Crippen molar-refractivity contribution in [1.29, 1.82) is 0 Å². The monoisotopic (exact) mass is 571 g/mol. The molecule has 1 aromatic heterocycles. The topological polar surface area (TPSA) is 63.7 Å². The van der Waals surface area contributed by atoms with Crippen molar-refractivity contribution >= 4 is 44.2 Å². The molecule has 0 spiro atoms. The number of nitrogens with zero attached hydrogens (tertiary/aromatic N) is 4. The summed E-state index contributed by atoms with van der Waals surface area (Å²) < 4.78 is 3.37. The molecule has 0 saturated heterocycles. The molecular weight excluding hydrogens is 542 g/mol. The standard InChI is InChI=1S/C38H29N5O/c1-42-32-21-20-28(23-33(32)43(2)38(42)44)27-14-8-15-29(22-27)36-39-35(26-11-4-3-5-12-26)40-37(41-36)31-17-9-13-25-19-18-24-10-6-7-16-30(24)34(25)31/h3-23,35H,1-2H3,(H,39,40,41). The van der Waals surface area contributed by atoms with E-state index in [4.69, 9.17) is 9.98 Å². The van der Waals surface area contributed by atoms with Gasteiger partial charge in [0.15, 0.2) is 6.17 Å². The maximum absolute atomic E-state index is 12.5. The Morgan fingerprint density at radius 2 is 1.27 bits per heavy atom. The zero-order chi connectivity index (χ0) is 29.8. The largest absolute Gasteiger partial charge is 0.328 e. The van der Waals surface area contributed by atoms with Crippen LogP contribution in [0.1, 0.15) is 22.9 Å². The molecule has 1 unspecified atom stereocenters. The van der Waals surface area contributed by atoms with Crippen LogP contribution >= 0.6 is 0 Å². The van der Waals surface area contributed by atoms with Crippen molar-refractivity contribution in [1.82, 2.24) is 14.5 Å². The lowest BCUT2D eigenvalue weighted by molar-refractivity contribution is 0.756. The van der Waals surface area contributed by atoms with Crippen molar-refractivity contribution in [3.8, 4) is 11.1 Å². The molecule has 0 saturated carbocycles. The van der Waals surface area contributed by atoms with Gasteiger partial charge in [0.1, 0.15) is 11.7 Å². The van der Waals surface area contributed by atoms with Crippen molar-refractivity contribution in [2.75, 3.05) is 0 Å². The zero-order valence-electron chi connectivity index (χ0n) is 24.4. The second-order valence-electron chi connectivity index (χ2n) is 11.2. The lowest BCUT2D eigenvalue weighted by atomic mass is 9.96. The van der Waals surface area contributed by atoms with Gasteiger partial charge in [-0.2, -0.15) is 0 Å². The van der Waals surface area contributed by atoms with E-state index < -0.39 is 6.17 Å². The van der Waals surface area contributed by atoms with Gasteiger partial charge in [0.05, 0.1) is 11.0 Å². The number of nitrogens with one attached hydrogen (secondary N) is 1. The van der Waals surface area contributed by atoms with Crippen molar-refractivity contribution in [3.63, 3.8) is 0 Å². The van der Waals surface area contributed by atoms with Crippen molar-refractivity contribution < 1.29 is 0 Å². The van der Waals surface area contributed by atoms with E-state index in [1.165, 1.54) is 21.5 Å². The van der Waals surface area contributed by atoms with Gasteiger partial charge < -0.3 is 5.32 Å². The van der Waals surface area contributed by atoms with Crippen LogP contribution in [-0.2, 0) is 14.1 Å². The first-order chi connectivity index (χ1) is 21.5. The summed E-state index contributed by atoms with van der Waals surface area (Å²) in [7, 11) is 3.62. The molecular formula is C38H29N5O. The number of aliphatic imine (C=N–C) groups is 2. The summed E-state index contributed by atoms with van der Waals surface area (Å²) in [6.45, 7) is 0. The van der Waals surface area contributed by atoms with Gasteiger partial charge in [0.2, 0.25) is 0 Å². The summed E-state index contributed by atoms with van der Waals surface area (Å²) in [4.78, 5) is 22.8. The lowest BCUT2D eigenvalue weighted by Gasteiger charge is -2.23. The Morgan fingerprint density at radius 3 is 2.16 bits per heavy atom. The quantitative estimate of drug-likeness (QED) is 0.225. The van der Waals surface area contributed by atoms with E-state index in [9.17, 15) is 4.79 Å². The van der Waals surface area contributed by atoms with Crippen LogP contribution in [0.3, 0.4) is 0 Å². The normalized spacial score (nSPS) is 14.9. The number of rotatable bonds is 4. The molecule has 6 heteroatoms. The first kappa shape index (κ1) is 25.9. The molecule has 44 heavy (non-hydrogen) atoms. The van der Waals surface area contributed by atoms with Gasteiger partial charge in [-0.3, -0.25) is 9.13 Å². The first-order valence-electron chi connectivity index (χ1n) is 14.7. The average Bonchev–Trinajstić information content (AvgIpc) is 3.31. The molecule has 0 aliphatic carbocycles. The van der Waals surface area contributed by atoms with Crippen LogP contribution in [0, 0.1) is 0 Å². The van der Waals surface area contributed by atoms with E-state index in [2.05, 4.69) is 108 Å². The SMILES string of the molecule is Cn1c(=O)n(C)c2cc(-c3cccc(C4=NC(c5ccccc5)N=C(c5cccc6ccc7ccccc7c56)N4)c3)ccc21. The van der Waals surface area contributed by atoms with Crippen LogP contribution in [0.25, 0.3) is 43.7 Å². The van der Waals surface area contributed by atoms with E-state index in [0.29, 0.717) is 0 Å². The number of imidazole rings is 1. The molecule has 7 aromatic rings. The number of benzene rings is 6. The minimum Gasteiger partial charge on any atom is -0.324 e. The van der Waals surface area contributed by atoms with E-state index >= 15 is 0 Å². The van der Waals surface area contributed by atoms with Crippen LogP contribution in [0.4, 0.5) is 0 Å². The fourth-order valence-corrected chi connectivity index (χ4v) is 6.30. The second-order valence-corrected chi connectivity index (χ2v) is 11.2. The van der Waals surface area contributed by atoms with Crippen LogP contribution < -0.4 is 11.0 Å². The predicted molar refractivity (Wildman–Crippen MR) is 180 cm³/mol. The molecule has 0 amide bonds. The molecule has 0 radical (unpaired) electrons. The number of hydrogen-bond donors (Lipinski definition) is 1. The smallest absolute Gasteiger partial charge is 0.324 e. The Bertz CT molecular complexity index is 2360. The Balaban J connectivity index is 1.26. The van der Waals surface area contributed by atoms with Crippen molar-refractivity contribution in [2.24, 2.45) is 24.1 Å². The molecule has 0 bridgehead atoms. The highest BCUT2D eigenvalue weighted by Crippen LogP contribution is 2.32. The molecule has 6 nitrogen and oxygen atoms in total. The third-order valence-electron chi connectivity index (χ3n) is 8.60. The minimum atomic E-state index is -0.397. The number of fused-ring (bicyclic) bond motifs is 4. The fraction of sp³-hybridized carbons (Fsp3) is 0.0789. The van der Waals surface area contributed by atoms with E-state index in [0.717, 1.165) is 50.5 Å². The molecule has 1 aliphatic rings. The third kappa shape index (κ3) is 4.23. The van der Waals surface area contributed by atoms with Crippen molar-refractivity contribution in [3.05, 3.63) is 155 Å². The maximum atomic E-state index is 12.5. The van der Waals surface area contributed by atoms with Gasteiger partial charge in [-0.15, -0.1) is 0 Å². The number of amidine groups is 2. The molecule has 212 valence electrons. The number of hydrogen-bond acceptors (Lipinski definition) is 4. The fourth-order valence-electron chi connectivity index (χ4n) is 6.30. The number of aromatic nitrogens is 2. The van der Waals surface area contributed by atoms with Crippen molar-refractivity contribution in [2.45, 2.75) is 6.17 Å². The Kier molecular flexibility index (Phi) is 6.01. The summed E-state index contributed by atoms with van der Waals surface area (Å²) in [6.07, 6.45) is -0.397. The van der Waals surface area contributed by atoms with Gasteiger partial charge in [0.25, 0.3) is 0 Å². The molecule has 2 heterocycles. The highest BCUT2D eigenvalue weighted by atomic mass is 16.1. The molecule has 1 atom stereocenters. The highest BCUT2D eigenvalue weighted by molar-refractivity contribution is 6.24. The highest BCUT2D eigenvalue weighted by Gasteiger charge is 2.22.